The number of rotatable bonds is 1. The van der Waals surface area contributed by atoms with Crippen molar-refractivity contribution in [2.45, 2.75) is 32.5 Å². The van der Waals surface area contributed by atoms with Crippen molar-refractivity contribution in [3.63, 3.8) is 0 Å². The number of hydrogen-bond acceptors (Lipinski definition) is 3. The van der Waals surface area contributed by atoms with Gasteiger partial charge in [0.2, 0.25) is 0 Å². The Morgan fingerprint density at radius 2 is 1.83 bits per heavy atom. The van der Waals surface area contributed by atoms with Crippen molar-refractivity contribution in [1.82, 2.24) is 4.98 Å². The third kappa shape index (κ3) is 3.87. The highest BCUT2D eigenvalue weighted by Gasteiger charge is 2.34. The van der Waals surface area contributed by atoms with Crippen molar-refractivity contribution < 1.29 is 22.7 Å². The van der Waals surface area contributed by atoms with Gasteiger partial charge in [-0.05, 0) is 32.9 Å². The quantitative estimate of drug-likeness (QED) is 0.582. The van der Waals surface area contributed by atoms with Crippen LogP contribution in [0.25, 0.3) is 0 Å². The van der Waals surface area contributed by atoms with E-state index < -0.39 is 28.5 Å². The fraction of sp³-hybridized carbons (Fsp3) is 0.455. The van der Waals surface area contributed by atoms with Crippen molar-refractivity contribution in [2.75, 3.05) is 0 Å². The number of esters is 1. The molecule has 18 heavy (non-hydrogen) atoms. The summed E-state index contributed by atoms with van der Waals surface area (Å²) in [5.41, 5.74) is -2.10. The van der Waals surface area contributed by atoms with Gasteiger partial charge < -0.3 is 4.74 Å². The van der Waals surface area contributed by atoms with E-state index in [1.807, 2.05) is 0 Å². The molecule has 0 radical (unpaired) electrons. The lowest BCUT2D eigenvalue weighted by atomic mass is 10.2. The molecule has 1 aromatic heterocycles. The summed E-state index contributed by atoms with van der Waals surface area (Å²) in [4.78, 5) is 14.9. The number of carbonyl (C=O) groups excluding carboxylic acids is 1. The Morgan fingerprint density at radius 3 is 2.22 bits per heavy atom. The van der Waals surface area contributed by atoms with E-state index in [-0.39, 0.29) is 5.69 Å². The zero-order valence-electron chi connectivity index (χ0n) is 9.93. The molecular weight excluding hydrogens is 271 g/mol. The molecule has 0 saturated heterocycles. The molecule has 0 N–H and O–H groups in total. The zero-order valence-corrected chi connectivity index (χ0v) is 10.7. The normalized spacial score (nSPS) is 12.4. The van der Waals surface area contributed by atoms with Crippen molar-refractivity contribution in [2.24, 2.45) is 0 Å². The number of carbonyl (C=O) groups is 1. The van der Waals surface area contributed by atoms with Gasteiger partial charge in [-0.15, -0.1) is 0 Å². The third-order valence-corrected chi connectivity index (χ3v) is 2.05. The largest absolute Gasteiger partial charge is 0.455 e. The van der Waals surface area contributed by atoms with Crippen LogP contribution < -0.4 is 0 Å². The summed E-state index contributed by atoms with van der Waals surface area (Å²) >= 11 is 5.39. The average Bonchev–Trinajstić information content (AvgIpc) is 2.12. The average molecular weight is 282 g/mol. The molecule has 1 heterocycles. The number of pyridine rings is 1. The highest BCUT2D eigenvalue weighted by molar-refractivity contribution is 6.30. The summed E-state index contributed by atoms with van der Waals surface area (Å²) in [6, 6.07) is 1.64. The van der Waals surface area contributed by atoms with Gasteiger partial charge in [-0.1, -0.05) is 11.6 Å². The molecule has 7 heteroatoms. The highest BCUT2D eigenvalue weighted by Crippen LogP contribution is 2.33. The van der Waals surface area contributed by atoms with Crippen molar-refractivity contribution >= 4 is 17.6 Å². The van der Waals surface area contributed by atoms with Gasteiger partial charge in [0.05, 0.1) is 5.56 Å². The van der Waals surface area contributed by atoms with Crippen LogP contribution in [0.4, 0.5) is 13.2 Å². The molecule has 0 aliphatic carbocycles. The second kappa shape index (κ2) is 4.76. The summed E-state index contributed by atoms with van der Waals surface area (Å²) in [7, 11) is 0. The minimum Gasteiger partial charge on any atom is -0.455 e. The van der Waals surface area contributed by atoms with E-state index in [0.29, 0.717) is 6.07 Å². The van der Waals surface area contributed by atoms with Crippen LogP contribution in [-0.4, -0.2) is 16.6 Å². The number of alkyl halides is 3. The SMILES string of the molecule is CC(C)(C)OC(=O)c1ccc(C(F)(F)F)c(Cl)n1. The smallest absolute Gasteiger partial charge is 0.419 e. The van der Waals surface area contributed by atoms with Gasteiger partial charge in [-0.25, -0.2) is 9.78 Å². The molecule has 0 spiro atoms. The van der Waals surface area contributed by atoms with E-state index in [0.717, 1.165) is 6.07 Å². The summed E-state index contributed by atoms with van der Waals surface area (Å²) in [5.74, 6) is -0.821. The first-order valence-electron chi connectivity index (χ1n) is 4.98. The summed E-state index contributed by atoms with van der Waals surface area (Å²) < 4.78 is 42.2. The van der Waals surface area contributed by atoms with Gasteiger partial charge in [0.1, 0.15) is 16.4 Å². The van der Waals surface area contributed by atoms with E-state index in [1.54, 1.807) is 20.8 Å². The lowest BCUT2D eigenvalue weighted by Gasteiger charge is -2.19. The summed E-state index contributed by atoms with van der Waals surface area (Å²) in [6.07, 6.45) is -4.60. The zero-order chi connectivity index (χ0) is 14.1. The first kappa shape index (κ1) is 14.8. The second-order valence-corrected chi connectivity index (χ2v) is 4.89. The van der Waals surface area contributed by atoms with Gasteiger partial charge in [0.25, 0.3) is 0 Å². The molecule has 0 aliphatic heterocycles. The maximum absolute atomic E-state index is 12.4. The first-order chi connectivity index (χ1) is 8.00. The Kier molecular flexibility index (Phi) is 3.90. The Balaban J connectivity index is 3.02. The maximum atomic E-state index is 12.4. The lowest BCUT2D eigenvalue weighted by molar-refractivity contribution is -0.137. The number of nitrogens with zero attached hydrogens (tertiary/aromatic N) is 1. The van der Waals surface area contributed by atoms with Crippen LogP contribution in [0, 0.1) is 0 Å². The molecule has 0 aliphatic rings. The predicted octanol–water partition coefficient (Wildman–Crippen LogP) is 3.71. The van der Waals surface area contributed by atoms with E-state index in [1.165, 1.54) is 0 Å². The molecule has 0 amide bonds. The van der Waals surface area contributed by atoms with Crippen molar-refractivity contribution in [3.05, 3.63) is 28.5 Å². The molecule has 3 nitrogen and oxygen atoms in total. The van der Waals surface area contributed by atoms with Crippen LogP contribution in [0.2, 0.25) is 5.15 Å². The third-order valence-electron chi connectivity index (χ3n) is 1.76. The van der Waals surface area contributed by atoms with Gasteiger partial charge >= 0.3 is 12.1 Å². The first-order valence-corrected chi connectivity index (χ1v) is 5.35. The van der Waals surface area contributed by atoms with Gasteiger partial charge in [-0.3, -0.25) is 0 Å². The van der Waals surface area contributed by atoms with E-state index in [9.17, 15) is 18.0 Å². The Hall–Kier alpha value is -1.30. The van der Waals surface area contributed by atoms with Crippen LogP contribution in [0.3, 0.4) is 0 Å². The lowest BCUT2D eigenvalue weighted by Crippen LogP contribution is -2.24. The second-order valence-electron chi connectivity index (χ2n) is 4.53. The predicted molar refractivity (Wildman–Crippen MR) is 59.4 cm³/mol. The van der Waals surface area contributed by atoms with E-state index in [2.05, 4.69) is 4.98 Å². The molecule has 0 fully saturated rings. The molecule has 1 aromatic rings. The van der Waals surface area contributed by atoms with Crippen LogP contribution in [0.5, 0.6) is 0 Å². The molecular formula is C11H11ClF3NO2. The highest BCUT2D eigenvalue weighted by atomic mass is 35.5. The minimum absolute atomic E-state index is 0.261. The van der Waals surface area contributed by atoms with E-state index in [4.69, 9.17) is 16.3 Å². The fourth-order valence-electron chi connectivity index (χ4n) is 1.09. The topological polar surface area (TPSA) is 39.2 Å². The number of halogens is 4. The van der Waals surface area contributed by atoms with Gasteiger partial charge in [0, 0.05) is 0 Å². The Morgan fingerprint density at radius 1 is 1.28 bits per heavy atom. The van der Waals surface area contributed by atoms with Gasteiger partial charge in [-0.2, -0.15) is 13.2 Å². The van der Waals surface area contributed by atoms with E-state index >= 15 is 0 Å². The molecule has 1 rings (SSSR count). The van der Waals surface area contributed by atoms with Crippen LogP contribution in [0.1, 0.15) is 36.8 Å². The standard InChI is InChI=1S/C11H11ClF3NO2/c1-10(2,3)18-9(17)7-5-4-6(8(12)16-7)11(13,14)15/h4-5H,1-3H3. The van der Waals surface area contributed by atoms with Crippen molar-refractivity contribution in [3.8, 4) is 0 Å². The van der Waals surface area contributed by atoms with Crippen molar-refractivity contribution in [1.29, 1.82) is 0 Å². The summed E-state index contributed by atoms with van der Waals surface area (Å²) in [5, 5.41) is -0.772. The molecule has 0 aromatic carbocycles. The fourth-order valence-corrected chi connectivity index (χ4v) is 1.35. The summed E-state index contributed by atoms with van der Waals surface area (Å²) in [6.45, 7) is 4.91. The number of ether oxygens (including phenoxy) is 1. The molecule has 0 atom stereocenters. The monoisotopic (exact) mass is 281 g/mol. The Labute approximate surface area is 107 Å². The maximum Gasteiger partial charge on any atom is 0.419 e. The van der Waals surface area contributed by atoms with Crippen LogP contribution in [0.15, 0.2) is 12.1 Å². The van der Waals surface area contributed by atoms with Crippen LogP contribution >= 0.6 is 11.6 Å². The Bertz CT molecular complexity index is 466. The van der Waals surface area contributed by atoms with Gasteiger partial charge in [0.15, 0.2) is 0 Å². The molecule has 0 unspecified atom stereocenters. The molecule has 100 valence electrons. The molecule has 0 bridgehead atoms. The number of aromatic nitrogens is 1. The number of hydrogen-bond donors (Lipinski definition) is 0. The van der Waals surface area contributed by atoms with Crippen LogP contribution in [-0.2, 0) is 10.9 Å². The molecule has 0 saturated carbocycles. The minimum atomic E-state index is -4.60.